The predicted octanol–water partition coefficient (Wildman–Crippen LogP) is -0.673. The Morgan fingerprint density at radius 3 is 2.80 bits per heavy atom. The molecule has 0 bridgehead atoms. The lowest BCUT2D eigenvalue weighted by molar-refractivity contribution is 0.596. The quantitative estimate of drug-likeness (QED) is 0.652. The van der Waals surface area contributed by atoms with Crippen molar-refractivity contribution >= 4 is 21.8 Å². The number of hydrogen-bond donors (Lipinski definition) is 1. The summed E-state index contributed by atoms with van der Waals surface area (Å²) in [6.45, 7) is 0. The monoisotopic (exact) mass is 179 g/mol. The summed E-state index contributed by atoms with van der Waals surface area (Å²) in [6, 6.07) is 0. The lowest BCUT2D eigenvalue weighted by atomic mass is 10.6. The number of sulfonamides is 1. The van der Waals surface area contributed by atoms with Crippen LogP contribution in [0.5, 0.6) is 0 Å². The second-order valence-electron chi connectivity index (χ2n) is 1.71. The Hall–Kier alpha value is -0.530. The zero-order valence-electron chi connectivity index (χ0n) is 4.89. The van der Waals surface area contributed by atoms with E-state index in [1.807, 2.05) is 0 Å². The molecule has 0 spiro atoms. The molecular weight excluding hydrogens is 174 g/mol. The number of rotatable bonds is 2. The molecule has 0 fully saturated rings. The molecule has 0 atom stereocenters. The van der Waals surface area contributed by atoms with Crippen LogP contribution in [0.2, 0.25) is 0 Å². The number of primary sulfonamides is 1. The molecule has 0 radical (unpaired) electrons. The van der Waals surface area contributed by atoms with E-state index in [1.165, 1.54) is 6.20 Å². The third kappa shape index (κ3) is 2.38. The number of aromatic nitrogens is 2. The molecule has 0 unspecified atom stereocenters. The van der Waals surface area contributed by atoms with E-state index in [1.54, 1.807) is 0 Å². The van der Waals surface area contributed by atoms with E-state index in [0.29, 0.717) is 5.69 Å². The topological polar surface area (TPSA) is 85.9 Å². The molecule has 0 aliphatic heterocycles. The van der Waals surface area contributed by atoms with Crippen molar-refractivity contribution in [3.8, 4) is 0 Å². The average Bonchev–Trinajstić information content (AvgIpc) is 2.12. The summed E-state index contributed by atoms with van der Waals surface area (Å²) in [5.74, 6) is -0.233. The van der Waals surface area contributed by atoms with Gasteiger partial charge in [-0.3, -0.25) is 0 Å². The largest absolute Gasteiger partial charge is 0.228 e. The van der Waals surface area contributed by atoms with Crippen LogP contribution in [0.1, 0.15) is 5.69 Å². The van der Waals surface area contributed by atoms with Crippen LogP contribution in [0.15, 0.2) is 6.20 Å². The molecule has 10 heavy (non-hydrogen) atoms. The smallest absolute Gasteiger partial charge is 0.214 e. The van der Waals surface area contributed by atoms with Crippen molar-refractivity contribution < 1.29 is 8.42 Å². The van der Waals surface area contributed by atoms with Crippen LogP contribution in [-0.4, -0.2) is 17.2 Å². The molecule has 56 valence electrons. The molecule has 1 rings (SSSR count). The summed E-state index contributed by atoms with van der Waals surface area (Å²) in [4.78, 5) is 0. The standard InChI is InChI=1S/C3H5N3O2S2/c4-10(7,8)2-3-1-5-9-6-3/h1H,2H2,(H2,4,7,8). The fourth-order valence-corrected chi connectivity index (χ4v) is 1.52. The maximum atomic E-state index is 10.4. The zero-order valence-corrected chi connectivity index (χ0v) is 6.52. The van der Waals surface area contributed by atoms with Crippen LogP contribution < -0.4 is 5.14 Å². The van der Waals surface area contributed by atoms with E-state index < -0.39 is 10.0 Å². The minimum absolute atomic E-state index is 0.233. The van der Waals surface area contributed by atoms with Gasteiger partial charge in [0.1, 0.15) is 5.75 Å². The van der Waals surface area contributed by atoms with Crippen LogP contribution in [-0.2, 0) is 15.8 Å². The van der Waals surface area contributed by atoms with Crippen LogP contribution >= 0.6 is 11.7 Å². The van der Waals surface area contributed by atoms with Crippen molar-refractivity contribution in [3.05, 3.63) is 11.9 Å². The summed E-state index contributed by atoms with van der Waals surface area (Å²) in [7, 11) is -3.44. The van der Waals surface area contributed by atoms with Gasteiger partial charge in [0.05, 0.1) is 23.6 Å². The first-order valence-corrected chi connectivity index (χ1v) is 4.79. The van der Waals surface area contributed by atoms with Crippen LogP contribution in [0, 0.1) is 0 Å². The third-order valence-corrected chi connectivity index (χ3v) is 1.97. The Balaban J connectivity index is 2.75. The average molecular weight is 179 g/mol. The van der Waals surface area contributed by atoms with E-state index in [-0.39, 0.29) is 5.75 Å². The van der Waals surface area contributed by atoms with Gasteiger partial charge >= 0.3 is 0 Å². The highest BCUT2D eigenvalue weighted by Crippen LogP contribution is 1.98. The molecule has 2 N–H and O–H groups in total. The van der Waals surface area contributed by atoms with Gasteiger partial charge in [0, 0.05) is 0 Å². The Morgan fingerprint density at radius 2 is 2.40 bits per heavy atom. The molecule has 1 aromatic heterocycles. The molecule has 0 saturated heterocycles. The van der Waals surface area contributed by atoms with E-state index in [2.05, 4.69) is 8.75 Å². The maximum absolute atomic E-state index is 10.4. The first-order chi connectivity index (χ1) is 4.58. The normalized spacial score (nSPS) is 11.7. The summed E-state index contributed by atoms with van der Waals surface area (Å²) in [6.07, 6.45) is 1.38. The Bertz CT molecular complexity index is 290. The van der Waals surface area contributed by atoms with Crippen molar-refractivity contribution in [2.24, 2.45) is 5.14 Å². The summed E-state index contributed by atoms with van der Waals surface area (Å²) >= 11 is 0.960. The van der Waals surface area contributed by atoms with Gasteiger partial charge in [0.15, 0.2) is 0 Å². The van der Waals surface area contributed by atoms with Gasteiger partial charge in [-0.05, 0) is 0 Å². The molecule has 0 aliphatic carbocycles. The summed E-state index contributed by atoms with van der Waals surface area (Å²) in [5, 5.41) is 4.74. The van der Waals surface area contributed by atoms with Crippen molar-refractivity contribution in [1.82, 2.24) is 8.75 Å². The van der Waals surface area contributed by atoms with Gasteiger partial charge in [-0.15, -0.1) is 0 Å². The predicted molar refractivity (Wildman–Crippen MR) is 36.7 cm³/mol. The van der Waals surface area contributed by atoms with E-state index >= 15 is 0 Å². The molecule has 0 saturated carbocycles. The molecule has 7 heteroatoms. The summed E-state index contributed by atoms with van der Waals surface area (Å²) < 4.78 is 28.1. The third-order valence-electron chi connectivity index (χ3n) is 0.756. The lowest BCUT2D eigenvalue weighted by Crippen LogP contribution is -2.14. The van der Waals surface area contributed by atoms with Crippen LogP contribution in [0.4, 0.5) is 0 Å². The molecule has 5 nitrogen and oxygen atoms in total. The fourth-order valence-electron chi connectivity index (χ4n) is 0.454. The van der Waals surface area contributed by atoms with E-state index in [9.17, 15) is 8.42 Å². The highest BCUT2D eigenvalue weighted by molar-refractivity contribution is 7.88. The first-order valence-electron chi connectivity index (χ1n) is 2.35. The molecule has 0 aromatic carbocycles. The van der Waals surface area contributed by atoms with Crippen molar-refractivity contribution in [1.29, 1.82) is 0 Å². The number of nitrogens with two attached hydrogens (primary N) is 1. The summed E-state index contributed by atoms with van der Waals surface area (Å²) in [5.41, 5.74) is 0.396. The highest BCUT2D eigenvalue weighted by Gasteiger charge is 2.06. The van der Waals surface area contributed by atoms with Crippen LogP contribution in [0.3, 0.4) is 0 Å². The van der Waals surface area contributed by atoms with Crippen molar-refractivity contribution in [2.45, 2.75) is 5.75 Å². The fraction of sp³-hybridized carbons (Fsp3) is 0.333. The molecule has 1 aromatic rings. The molecule has 1 heterocycles. The van der Waals surface area contributed by atoms with Gasteiger partial charge in [-0.25, -0.2) is 13.6 Å². The Labute approximate surface area is 62.3 Å². The molecular formula is C3H5N3O2S2. The zero-order chi connectivity index (χ0) is 7.61. The van der Waals surface area contributed by atoms with Crippen molar-refractivity contribution in [3.63, 3.8) is 0 Å². The second kappa shape index (κ2) is 2.60. The van der Waals surface area contributed by atoms with Gasteiger partial charge in [-0.1, -0.05) is 0 Å². The lowest BCUT2D eigenvalue weighted by Gasteiger charge is -1.89. The van der Waals surface area contributed by atoms with Gasteiger partial charge in [0.2, 0.25) is 10.0 Å². The first kappa shape index (κ1) is 7.58. The van der Waals surface area contributed by atoms with E-state index in [0.717, 1.165) is 11.7 Å². The second-order valence-corrected chi connectivity index (χ2v) is 3.88. The number of hydrogen-bond acceptors (Lipinski definition) is 5. The van der Waals surface area contributed by atoms with Crippen molar-refractivity contribution in [2.75, 3.05) is 0 Å². The maximum Gasteiger partial charge on any atom is 0.214 e. The minimum Gasteiger partial charge on any atom is -0.228 e. The van der Waals surface area contributed by atoms with Gasteiger partial charge < -0.3 is 0 Å². The SMILES string of the molecule is NS(=O)(=O)Cc1cnsn1. The number of nitrogens with zero attached hydrogens (tertiary/aromatic N) is 2. The Morgan fingerprint density at radius 1 is 1.70 bits per heavy atom. The van der Waals surface area contributed by atoms with Gasteiger partial charge in [0.25, 0.3) is 0 Å². The minimum atomic E-state index is -3.44. The molecule has 0 aliphatic rings. The van der Waals surface area contributed by atoms with Crippen LogP contribution in [0.25, 0.3) is 0 Å². The van der Waals surface area contributed by atoms with Gasteiger partial charge in [-0.2, -0.15) is 8.75 Å². The Kier molecular flexibility index (Phi) is 1.97. The molecule has 0 amide bonds. The highest BCUT2D eigenvalue weighted by atomic mass is 32.2. The van der Waals surface area contributed by atoms with E-state index in [4.69, 9.17) is 5.14 Å².